The molecule has 2 aromatic rings. The SMILES string of the molecule is CCOc1ccc([C@@H](C)NC(=S)Nc2cccc(C(C)=O)c2)cc1. The molecule has 0 aromatic heterocycles. The molecule has 4 nitrogen and oxygen atoms in total. The van der Waals surface area contributed by atoms with Gasteiger partial charge in [-0.1, -0.05) is 24.3 Å². The molecule has 126 valence electrons. The van der Waals surface area contributed by atoms with Crippen LogP contribution in [0, 0.1) is 0 Å². The molecule has 0 aliphatic carbocycles. The minimum Gasteiger partial charge on any atom is -0.494 e. The average molecular weight is 342 g/mol. The summed E-state index contributed by atoms with van der Waals surface area (Å²) in [5, 5.41) is 6.86. The van der Waals surface area contributed by atoms with Gasteiger partial charge in [0.25, 0.3) is 0 Å². The van der Waals surface area contributed by atoms with Gasteiger partial charge in [0.1, 0.15) is 5.75 Å². The van der Waals surface area contributed by atoms with Crippen molar-refractivity contribution < 1.29 is 9.53 Å². The summed E-state index contributed by atoms with van der Waals surface area (Å²) in [5.74, 6) is 0.885. The molecule has 0 amide bonds. The van der Waals surface area contributed by atoms with Crippen molar-refractivity contribution in [2.75, 3.05) is 11.9 Å². The summed E-state index contributed by atoms with van der Waals surface area (Å²) in [7, 11) is 0. The minimum atomic E-state index is 0.0280. The lowest BCUT2D eigenvalue weighted by atomic mass is 10.1. The molecule has 0 aliphatic heterocycles. The van der Waals surface area contributed by atoms with Crippen molar-refractivity contribution in [3.8, 4) is 5.75 Å². The van der Waals surface area contributed by atoms with E-state index in [2.05, 4.69) is 10.6 Å². The Balaban J connectivity index is 1.96. The standard InChI is InChI=1S/C19H22N2O2S/c1-4-23-18-10-8-15(9-11-18)13(2)20-19(24)21-17-7-5-6-16(12-17)14(3)22/h5-13H,4H2,1-3H3,(H2,20,21,24)/t13-/m1/s1. The van der Waals surface area contributed by atoms with Gasteiger partial charge in [-0.15, -0.1) is 0 Å². The van der Waals surface area contributed by atoms with E-state index in [1.54, 1.807) is 19.1 Å². The summed E-state index contributed by atoms with van der Waals surface area (Å²) in [6.45, 7) is 6.20. The molecule has 0 radical (unpaired) electrons. The monoisotopic (exact) mass is 342 g/mol. The molecule has 0 unspecified atom stereocenters. The molecule has 1 atom stereocenters. The Morgan fingerprint density at radius 3 is 2.54 bits per heavy atom. The number of ether oxygens (including phenoxy) is 1. The summed E-state index contributed by atoms with van der Waals surface area (Å²) in [6.07, 6.45) is 0. The van der Waals surface area contributed by atoms with Crippen LogP contribution in [0.15, 0.2) is 48.5 Å². The van der Waals surface area contributed by atoms with Crippen LogP contribution in [-0.4, -0.2) is 17.5 Å². The van der Waals surface area contributed by atoms with Crippen molar-refractivity contribution in [1.82, 2.24) is 5.32 Å². The zero-order valence-electron chi connectivity index (χ0n) is 14.1. The first-order chi connectivity index (χ1) is 11.5. The van der Waals surface area contributed by atoms with E-state index in [9.17, 15) is 4.79 Å². The largest absolute Gasteiger partial charge is 0.494 e. The van der Waals surface area contributed by atoms with Gasteiger partial charge in [0.05, 0.1) is 12.6 Å². The molecule has 0 bridgehead atoms. The van der Waals surface area contributed by atoms with Crippen LogP contribution in [0.25, 0.3) is 0 Å². The van der Waals surface area contributed by atoms with E-state index >= 15 is 0 Å². The number of Topliss-reactive ketones (excluding diaryl/α,β-unsaturated/α-hetero) is 1. The van der Waals surface area contributed by atoms with Gasteiger partial charge < -0.3 is 15.4 Å². The molecular formula is C19H22N2O2S. The van der Waals surface area contributed by atoms with E-state index in [4.69, 9.17) is 17.0 Å². The molecule has 0 saturated heterocycles. The number of rotatable bonds is 6. The van der Waals surface area contributed by atoms with Gasteiger partial charge in [-0.25, -0.2) is 0 Å². The van der Waals surface area contributed by atoms with Gasteiger partial charge in [-0.2, -0.15) is 0 Å². The summed E-state index contributed by atoms with van der Waals surface area (Å²) in [5.41, 5.74) is 2.56. The number of carbonyl (C=O) groups excluding carboxylic acids is 1. The van der Waals surface area contributed by atoms with Gasteiger partial charge in [-0.05, 0) is 62.8 Å². The van der Waals surface area contributed by atoms with Crippen LogP contribution < -0.4 is 15.4 Å². The second-order valence-corrected chi connectivity index (χ2v) is 5.87. The Bertz CT molecular complexity index is 714. The minimum absolute atomic E-state index is 0.0280. The molecule has 0 saturated carbocycles. The number of ketones is 1. The van der Waals surface area contributed by atoms with E-state index in [1.165, 1.54) is 0 Å². The Morgan fingerprint density at radius 1 is 1.21 bits per heavy atom. The quantitative estimate of drug-likeness (QED) is 0.604. The number of benzene rings is 2. The van der Waals surface area contributed by atoms with Crippen LogP contribution in [0.2, 0.25) is 0 Å². The Hall–Kier alpha value is -2.40. The van der Waals surface area contributed by atoms with Crippen molar-refractivity contribution in [3.63, 3.8) is 0 Å². The maximum atomic E-state index is 11.4. The van der Waals surface area contributed by atoms with Gasteiger partial charge >= 0.3 is 0 Å². The second-order valence-electron chi connectivity index (χ2n) is 5.46. The van der Waals surface area contributed by atoms with Crippen LogP contribution in [0.3, 0.4) is 0 Å². The molecule has 2 rings (SSSR count). The fraction of sp³-hybridized carbons (Fsp3) is 0.263. The average Bonchev–Trinajstić information content (AvgIpc) is 2.55. The first-order valence-electron chi connectivity index (χ1n) is 7.91. The van der Waals surface area contributed by atoms with Crippen molar-refractivity contribution >= 4 is 28.8 Å². The molecule has 0 heterocycles. The lowest BCUT2D eigenvalue weighted by Gasteiger charge is -2.18. The highest BCUT2D eigenvalue weighted by Crippen LogP contribution is 2.18. The molecule has 0 fully saturated rings. The molecule has 0 aliphatic rings. The smallest absolute Gasteiger partial charge is 0.171 e. The summed E-state index contributed by atoms with van der Waals surface area (Å²) >= 11 is 5.36. The summed E-state index contributed by atoms with van der Waals surface area (Å²) < 4.78 is 5.45. The Morgan fingerprint density at radius 2 is 1.92 bits per heavy atom. The zero-order valence-corrected chi connectivity index (χ0v) is 14.9. The second kappa shape index (κ2) is 8.45. The third kappa shape index (κ3) is 5.06. The molecule has 5 heteroatoms. The highest BCUT2D eigenvalue weighted by atomic mass is 32.1. The van der Waals surface area contributed by atoms with Gasteiger partial charge in [0.2, 0.25) is 0 Å². The predicted molar refractivity (Wildman–Crippen MR) is 102 cm³/mol. The molecular weight excluding hydrogens is 320 g/mol. The summed E-state index contributed by atoms with van der Waals surface area (Å²) in [6, 6.07) is 15.3. The maximum absolute atomic E-state index is 11.4. The first kappa shape index (κ1) is 17.9. The van der Waals surface area contributed by atoms with Crippen LogP contribution in [-0.2, 0) is 0 Å². The van der Waals surface area contributed by atoms with E-state index < -0.39 is 0 Å². The Kier molecular flexibility index (Phi) is 6.32. The zero-order chi connectivity index (χ0) is 17.5. The van der Waals surface area contributed by atoms with Crippen LogP contribution in [0.5, 0.6) is 5.75 Å². The topological polar surface area (TPSA) is 50.4 Å². The van der Waals surface area contributed by atoms with Crippen molar-refractivity contribution in [2.24, 2.45) is 0 Å². The number of hydrogen-bond donors (Lipinski definition) is 2. The number of carbonyl (C=O) groups is 1. The van der Waals surface area contributed by atoms with Crippen LogP contribution >= 0.6 is 12.2 Å². The van der Waals surface area contributed by atoms with Crippen molar-refractivity contribution in [1.29, 1.82) is 0 Å². The highest BCUT2D eigenvalue weighted by molar-refractivity contribution is 7.80. The van der Waals surface area contributed by atoms with Crippen molar-refractivity contribution in [3.05, 3.63) is 59.7 Å². The lowest BCUT2D eigenvalue weighted by molar-refractivity contribution is 0.101. The Labute approximate surface area is 148 Å². The normalized spacial score (nSPS) is 11.5. The number of nitrogens with one attached hydrogen (secondary N) is 2. The molecule has 0 spiro atoms. The molecule has 2 aromatic carbocycles. The summed E-state index contributed by atoms with van der Waals surface area (Å²) in [4.78, 5) is 11.4. The van der Waals surface area contributed by atoms with E-state index in [0.717, 1.165) is 17.0 Å². The fourth-order valence-corrected chi connectivity index (χ4v) is 2.58. The van der Waals surface area contributed by atoms with E-state index in [1.807, 2.05) is 50.2 Å². The third-order valence-corrected chi connectivity index (χ3v) is 3.79. The van der Waals surface area contributed by atoms with Crippen LogP contribution in [0.1, 0.15) is 42.7 Å². The number of thiocarbonyl (C=S) groups is 1. The predicted octanol–water partition coefficient (Wildman–Crippen LogP) is 4.34. The van der Waals surface area contributed by atoms with Gasteiger partial charge in [0.15, 0.2) is 10.9 Å². The number of hydrogen-bond acceptors (Lipinski definition) is 3. The van der Waals surface area contributed by atoms with Gasteiger partial charge in [0, 0.05) is 11.3 Å². The van der Waals surface area contributed by atoms with Crippen LogP contribution in [0.4, 0.5) is 5.69 Å². The van der Waals surface area contributed by atoms with Gasteiger partial charge in [-0.3, -0.25) is 4.79 Å². The van der Waals surface area contributed by atoms with Crippen molar-refractivity contribution in [2.45, 2.75) is 26.8 Å². The molecule has 24 heavy (non-hydrogen) atoms. The van der Waals surface area contributed by atoms with E-state index in [0.29, 0.717) is 17.3 Å². The highest BCUT2D eigenvalue weighted by Gasteiger charge is 2.08. The maximum Gasteiger partial charge on any atom is 0.171 e. The number of anilines is 1. The first-order valence-corrected chi connectivity index (χ1v) is 8.31. The lowest BCUT2D eigenvalue weighted by Crippen LogP contribution is -2.30. The third-order valence-electron chi connectivity index (χ3n) is 3.57. The fourth-order valence-electron chi connectivity index (χ4n) is 2.28. The molecule has 2 N–H and O–H groups in total. The van der Waals surface area contributed by atoms with E-state index in [-0.39, 0.29) is 11.8 Å².